The Kier molecular flexibility index (Phi) is 5.59. The molecule has 0 atom stereocenters. The minimum absolute atomic E-state index is 0.0835. The number of rotatable bonds is 4. The fraction of sp³-hybridized carbons (Fsp3) is 0.222. The molecule has 5 nitrogen and oxygen atoms in total. The summed E-state index contributed by atoms with van der Waals surface area (Å²) in [6.07, 6.45) is -10.1. The van der Waals surface area contributed by atoms with Gasteiger partial charge in [0.15, 0.2) is 11.5 Å². The summed E-state index contributed by atoms with van der Waals surface area (Å²) in [5.74, 6) is -1.12. The van der Waals surface area contributed by atoms with Gasteiger partial charge >= 0.3 is 12.4 Å². The van der Waals surface area contributed by atoms with Crippen molar-refractivity contribution in [2.24, 2.45) is 0 Å². The molecule has 0 saturated heterocycles. The monoisotopic (exact) mass is 451 g/mol. The molecule has 1 amide bonds. The molecule has 0 aliphatic rings. The molecular weight excluding hydrogens is 440 g/mol. The normalized spacial score (nSPS) is 12.3. The number of halogens is 7. The smallest absolute Gasteiger partial charge is 0.435 e. The average molecular weight is 452 g/mol. The minimum atomic E-state index is -5.06. The third-order valence-corrected chi connectivity index (χ3v) is 4.22. The van der Waals surface area contributed by atoms with Crippen LogP contribution in [-0.4, -0.2) is 15.7 Å². The van der Waals surface area contributed by atoms with Gasteiger partial charge in [0.1, 0.15) is 11.5 Å². The second kappa shape index (κ2) is 7.71. The first-order valence-corrected chi connectivity index (χ1v) is 8.61. The molecule has 3 aromatic rings. The predicted octanol–water partition coefficient (Wildman–Crippen LogP) is 5.78. The maximum absolute atomic E-state index is 13.1. The molecule has 0 bridgehead atoms. The van der Waals surface area contributed by atoms with Gasteiger partial charge in [-0.3, -0.25) is 9.48 Å². The molecule has 2 aromatic heterocycles. The highest BCUT2D eigenvalue weighted by Gasteiger charge is 2.42. The Morgan fingerprint density at radius 2 is 1.80 bits per heavy atom. The fourth-order valence-electron chi connectivity index (χ4n) is 2.59. The van der Waals surface area contributed by atoms with Crippen LogP contribution in [0.1, 0.15) is 33.3 Å². The van der Waals surface area contributed by atoms with Crippen molar-refractivity contribution in [1.82, 2.24) is 9.78 Å². The third kappa shape index (κ3) is 4.78. The second-order valence-corrected chi connectivity index (χ2v) is 6.68. The summed E-state index contributed by atoms with van der Waals surface area (Å²) < 4.78 is 82.8. The number of amides is 1. The number of furan rings is 1. The Hall–Kier alpha value is -2.95. The van der Waals surface area contributed by atoms with Gasteiger partial charge in [0.25, 0.3) is 5.91 Å². The molecular formula is C18H12ClF6N3O2. The van der Waals surface area contributed by atoms with Crippen LogP contribution in [0.15, 0.2) is 40.8 Å². The van der Waals surface area contributed by atoms with Crippen molar-refractivity contribution in [3.8, 4) is 0 Å². The zero-order valence-corrected chi connectivity index (χ0v) is 15.8. The van der Waals surface area contributed by atoms with Gasteiger partial charge in [0.05, 0.1) is 6.54 Å². The van der Waals surface area contributed by atoms with Crippen LogP contribution >= 0.6 is 11.6 Å². The van der Waals surface area contributed by atoms with Crippen LogP contribution < -0.4 is 5.32 Å². The van der Waals surface area contributed by atoms with Crippen molar-refractivity contribution in [1.29, 1.82) is 0 Å². The largest absolute Gasteiger partial charge is 0.454 e. The fourth-order valence-corrected chi connectivity index (χ4v) is 2.81. The first kappa shape index (κ1) is 21.8. The van der Waals surface area contributed by atoms with Gasteiger partial charge in [-0.15, -0.1) is 0 Å². The minimum Gasteiger partial charge on any atom is -0.454 e. The summed E-state index contributed by atoms with van der Waals surface area (Å²) in [5, 5.41) is 5.99. The lowest BCUT2D eigenvalue weighted by Crippen LogP contribution is -2.15. The van der Waals surface area contributed by atoms with Crippen LogP contribution in [0, 0.1) is 6.92 Å². The van der Waals surface area contributed by atoms with E-state index < -0.39 is 36.2 Å². The van der Waals surface area contributed by atoms with Crippen molar-refractivity contribution in [3.05, 3.63) is 69.9 Å². The van der Waals surface area contributed by atoms with E-state index in [0.29, 0.717) is 16.3 Å². The standard InChI is InChI=1S/C18H12ClF6N3O2/c1-9-6-10(19)2-4-12(9)26-16(29)13-5-3-11(30-13)8-28-15(18(23,24)25)7-14(27-28)17(20,21)22/h2-7H,8H2,1H3,(H,26,29). The molecule has 1 N–H and O–H groups in total. The molecule has 12 heteroatoms. The molecule has 0 saturated carbocycles. The van der Waals surface area contributed by atoms with Crippen molar-refractivity contribution < 1.29 is 35.6 Å². The Morgan fingerprint density at radius 3 is 2.40 bits per heavy atom. The van der Waals surface area contributed by atoms with Crippen LogP contribution in [-0.2, 0) is 18.9 Å². The first-order chi connectivity index (χ1) is 13.8. The van der Waals surface area contributed by atoms with E-state index in [0.717, 1.165) is 0 Å². The Morgan fingerprint density at radius 1 is 1.10 bits per heavy atom. The zero-order chi connectivity index (χ0) is 22.3. The van der Waals surface area contributed by atoms with Crippen LogP contribution in [0.5, 0.6) is 0 Å². The number of nitrogens with one attached hydrogen (secondary N) is 1. The number of aromatic nitrogens is 2. The highest BCUT2D eigenvalue weighted by molar-refractivity contribution is 6.30. The maximum atomic E-state index is 13.1. The van der Waals surface area contributed by atoms with Gasteiger partial charge in [-0.2, -0.15) is 31.4 Å². The van der Waals surface area contributed by atoms with Crippen molar-refractivity contribution in [3.63, 3.8) is 0 Å². The number of hydrogen-bond donors (Lipinski definition) is 1. The molecule has 0 radical (unpaired) electrons. The molecule has 0 spiro atoms. The number of anilines is 1. The summed E-state index contributed by atoms with van der Waals surface area (Å²) in [6, 6.07) is 7.00. The summed E-state index contributed by atoms with van der Waals surface area (Å²) in [6.45, 7) is 0.946. The number of benzene rings is 1. The van der Waals surface area contributed by atoms with E-state index in [1.807, 2.05) is 0 Å². The van der Waals surface area contributed by atoms with Gasteiger partial charge in [-0.05, 0) is 42.8 Å². The summed E-state index contributed by atoms with van der Waals surface area (Å²) in [4.78, 5) is 12.3. The number of hydrogen-bond acceptors (Lipinski definition) is 3. The third-order valence-electron chi connectivity index (χ3n) is 3.99. The molecule has 160 valence electrons. The lowest BCUT2D eigenvalue weighted by molar-refractivity contribution is -0.144. The quantitative estimate of drug-likeness (QED) is 0.512. The Bertz CT molecular complexity index is 1080. The van der Waals surface area contributed by atoms with Crippen LogP contribution in [0.2, 0.25) is 5.02 Å². The second-order valence-electron chi connectivity index (χ2n) is 6.25. The van der Waals surface area contributed by atoms with Gasteiger partial charge in [0, 0.05) is 16.8 Å². The van der Waals surface area contributed by atoms with Crippen LogP contribution in [0.3, 0.4) is 0 Å². The van der Waals surface area contributed by atoms with Gasteiger partial charge in [-0.25, -0.2) is 0 Å². The summed E-state index contributed by atoms with van der Waals surface area (Å²) in [7, 11) is 0. The van der Waals surface area contributed by atoms with Gasteiger partial charge in [0.2, 0.25) is 0 Å². The van der Waals surface area contributed by atoms with Crippen LogP contribution in [0.25, 0.3) is 0 Å². The molecule has 0 aliphatic heterocycles. The molecule has 1 aromatic carbocycles. The lowest BCUT2D eigenvalue weighted by Gasteiger charge is -2.09. The van der Waals surface area contributed by atoms with E-state index in [1.165, 1.54) is 12.1 Å². The predicted molar refractivity (Wildman–Crippen MR) is 94.2 cm³/mol. The number of carbonyl (C=O) groups excluding carboxylic acids is 1. The Balaban J connectivity index is 1.81. The van der Waals surface area contributed by atoms with Crippen molar-refractivity contribution >= 4 is 23.2 Å². The molecule has 0 fully saturated rings. The summed E-state index contributed by atoms with van der Waals surface area (Å²) >= 11 is 5.84. The number of carbonyl (C=O) groups is 1. The van der Waals surface area contributed by atoms with Gasteiger partial charge < -0.3 is 9.73 Å². The molecule has 3 rings (SSSR count). The highest BCUT2D eigenvalue weighted by atomic mass is 35.5. The molecule has 2 heterocycles. The maximum Gasteiger partial charge on any atom is 0.435 e. The lowest BCUT2D eigenvalue weighted by atomic mass is 10.2. The number of nitrogens with zero attached hydrogens (tertiary/aromatic N) is 2. The zero-order valence-electron chi connectivity index (χ0n) is 15.0. The SMILES string of the molecule is Cc1cc(Cl)ccc1NC(=O)c1ccc(Cn2nc(C(F)(F)F)cc2C(F)(F)F)o1. The van der Waals surface area contributed by atoms with Crippen molar-refractivity contribution in [2.75, 3.05) is 5.32 Å². The molecule has 30 heavy (non-hydrogen) atoms. The topological polar surface area (TPSA) is 60.1 Å². The molecule has 0 aliphatic carbocycles. The number of alkyl halides is 6. The Labute approximate surface area is 170 Å². The summed E-state index contributed by atoms with van der Waals surface area (Å²) in [5.41, 5.74) is -2.18. The van der Waals surface area contributed by atoms with Gasteiger partial charge in [-0.1, -0.05) is 11.6 Å². The first-order valence-electron chi connectivity index (χ1n) is 8.23. The number of aryl methyl sites for hydroxylation is 1. The molecule has 0 unspecified atom stereocenters. The van der Waals surface area contributed by atoms with E-state index in [-0.39, 0.29) is 22.3 Å². The van der Waals surface area contributed by atoms with E-state index in [9.17, 15) is 31.1 Å². The van der Waals surface area contributed by atoms with E-state index >= 15 is 0 Å². The van der Waals surface area contributed by atoms with E-state index in [1.54, 1.807) is 25.1 Å². The van der Waals surface area contributed by atoms with E-state index in [2.05, 4.69) is 10.4 Å². The van der Waals surface area contributed by atoms with Crippen molar-refractivity contribution in [2.45, 2.75) is 25.8 Å². The average Bonchev–Trinajstić information content (AvgIpc) is 3.24. The van der Waals surface area contributed by atoms with E-state index in [4.69, 9.17) is 16.0 Å². The highest BCUT2D eigenvalue weighted by Crippen LogP contribution is 2.35. The van der Waals surface area contributed by atoms with Crippen LogP contribution in [0.4, 0.5) is 32.0 Å².